The fraction of sp³-hybridized carbons (Fsp3) is 0.529. The first-order valence-corrected chi connectivity index (χ1v) is 8.67. The summed E-state index contributed by atoms with van der Waals surface area (Å²) < 4.78 is 6.97. The lowest BCUT2D eigenvalue weighted by atomic mass is 9.92. The van der Waals surface area contributed by atoms with Crippen molar-refractivity contribution in [1.29, 1.82) is 0 Å². The van der Waals surface area contributed by atoms with Gasteiger partial charge in [0.05, 0.1) is 24.0 Å². The molecule has 3 heterocycles. The van der Waals surface area contributed by atoms with Crippen LogP contribution in [0.5, 0.6) is 0 Å². The van der Waals surface area contributed by atoms with E-state index in [-0.39, 0.29) is 18.0 Å². The molecule has 2 aliphatic rings. The van der Waals surface area contributed by atoms with Crippen LogP contribution in [0.15, 0.2) is 34.6 Å². The molecule has 0 unspecified atom stereocenters. The van der Waals surface area contributed by atoms with Gasteiger partial charge in [-0.1, -0.05) is 15.9 Å². The number of rotatable bonds is 5. The lowest BCUT2D eigenvalue weighted by Crippen LogP contribution is -2.41. The molecule has 8 nitrogen and oxygen atoms in total. The predicted octanol–water partition coefficient (Wildman–Crippen LogP) is 1.23. The van der Waals surface area contributed by atoms with Gasteiger partial charge in [0.15, 0.2) is 0 Å². The lowest BCUT2D eigenvalue weighted by molar-refractivity contribution is -0.117. The van der Waals surface area contributed by atoms with Gasteiger partial charge < -0.3 is 9.84 Å². The summed E-state index contributed by atoms with van der Waals surface area (Å²) in [5.41, 5.74) is 2.14. The molecule has 2 fully saturated rings. The number of nitrogens with one attached hydrogen (secondary N) is 1. The second-order valence-electron chi connectivity index (χ2n) is 6.84. The summed E-state index contributed by atoms with van der Waals surface area (Å²) in [5.74, 6) is 0.794. The van der Waals surface area contributed by atoms with E-state index in [9.17, 15) is 4.79 Å². The normalized spacial score (nSPS) is 23.5. The molecule has 1 aliphatic heterocycles. The molecular weight excluding hydrogens is 320 g/mol. The molecule has 0 aromatic carbocycles. The Balaban J connectivity index is 1.45. The molecule has 2 aromatic rings. The number of likely N-dealkylation sites (tertiary alicyclic amines) is 1. The molecule has 25 heavy (non-hydrogen) atoms. The van der Waals surface area contributed by atoms with Gasteiger partial charge in [-0.15, -0.1) is 5.10 Å². The van der Waals surface area contributed by atoms with Crippen molar-refractivity contribution < 1.29 is 9.32 Å². The maximum atomic E-state index is 12.3. The lowest BCUT2D eigenvalue weighted by Gasteiger charge is -2.20. The highest BCUT2D eigenvalue weighted by molar-refractivity contribution is 5.88. The topological polar surface area (TPSA) is 89.1 Å². The van der Waals surface area contributed by atoms with Crippen molar-refractivity contribution in [2.75, 3.05) is 13.1 Å². The minimum absolute atomic E-state index is 0.0102. The summed E-state index contributed by atoms with van der Waals surface area (Å²) in [7, 11) is 0. The summed E-state index contributed by atoms with van der Waals surface area (Å²) >= 11 is 0. The van der Waals surface area contributed by atoms with Crippen molar-refractivity contribution in [3.05, 3.63) is 41.6 Å². The van der Waals surface area contributed by atoms with Gasteiger partial charge >= 0.3 is 0 Å². The van der Waals surface area contributed by atoms with Crippen molar-refractivity contribution in [1.82, 2.24) is 30.4 Å². The molecule has 1 aliphatic carbocycles. The van der Waals surface area contributed by atoms with Crippen molar-refractivity contribution in [2.24, 2.45) is 0 Å². The van der Waals surface area contributed by atoms with Crippen LogP contribution >= 0.6 is 0 Å². The molecule has 1 N–H and O–H groups in total. The van der Waals surface area contributed by atoms with E-state index in [0.717, 1.165) is 37.4 Å². The van der Waals surface area contributed by atoms with Crippen LogP contribution in [0.1, 0.15) is 36.8 Å². The number of nitrogens with zero attached hydrogens (tertiary/aromatic N) is 5. The highest BCUT2D eigenvalue weighted by Crippen LogP contribution is 2.26. The highest BCUT2D eigenvalue weighted by atomic mass is 16.5. The van der Waals surface area contributed by atoms with E-state index in [2.05, 4.69) is 25.7 Å². The Hall–Kier alpha value is -2.48. The molecule has 132 valence electrons. The van der Waals surface area contributed by atoms with Gasteiger partial charge in [0.25, 0.3) is 0 Å². The van der Waals surface area contributed by atoms with E-state index in [4.69, 9.17) is 4.52 Å². The van der Waals surface area contributed by atoms with E-state index in [1.165, 1.54) is 12.0 Å². The van der Waals surface area contributed by atoms with Gasteiger partial charge in [-0.2, -0.15) is 0 Å². The first-order valence-electron chi connectivity index (χ1n) is 8.67. The van der Waals surface area contributed by atoms with Crippen molar-refractivity contribution >= 4 is 5.91 Å². The van der Waals surface area contributed by atoms with Crippen LogP contribution in [0.2, 0.25) is 0 Å². The fourth-order valence-corrected chi connectivity index (χ4v) is 3.46. The third-order valence-corrected chi connectivity index (χ3v) is 4.87. The number of carbonyl (C=O) groups is 1. The molecule has 1 saturated heterocycles. The van der Waals surface area contributed by atoms with E-state index >= 15 is 0 Å². The third kappa shape index (κ3) is 3.63. The van der Waals surface area contributed by atoms with Crippen LogP contribution in [0, 0.1) is 6.92 Å². The zero-order chi connectivity index (χ0) is 17.2. The second kappa shape index (κ2) is 6.79. The number of amides is 1. The van der Waals surface area contributed by atoms with E-state index < -0.39 is 0 Å². The summed E-state index contributed by atoms with van der Waals surface area (Å²) in [6.45, 7) is 4.09. The standard InChI is InChI=1S/C17H22N6O2/c1-12-7-14(20-25-12)9-22-10-15(16(11-22)23-6-5-18-21-23)19-17(24)8-13-3-2-4-13/h5-8,15-16H,2-4,9-11H2,1H3,(H,19,24)/t15-,16+/m1/s1. The Morgan fingerprint density at radius 2 is 2.32 bits per heavy atom. The largest absolute Gasteiger partial charge is 0.361 e. The van der Waals surface area contributed by atoms with E-state index in [0.29, 0.717) is 6.54 Å². The average Bonchev–Trinajstić information content (AvgIpc) is 3.25. The Bertz CT molecular complexity index is 760. The van der Waals surface area contributed by atoms with Gasteiger partial charge in [0.1, 0.15) is 5.76 Å². The molecule has 8 heteroatoms. The molecular formula is C17H22N6O2. The molecule has 1 saturated carbocycles. The van der Waals surface area contributed by atoms with Crippen LogP contribution in [0.25, 0.3) is 0 Å². The fourth-order valence-electron chi connectivity index (χ4n) is 3.46. The predicted molar refractivity (Wildman–Crippen MR) is 89.4 cm³/mol. The number of hydrogen-bond donors (Lipinski definition) is 1. The second-order valence-corrected chi connectivity index (χ2v) is 6.84. The first kappa shape index (κ1) is 16.0. The first-order chi connectivity index (χ1) is 12.2. The minimum Gasteiger partial charge on any atom is -0.361 e. The van der Waals surface area contributed by atoms with Crippen LogP contribution in [-0.2, 0) is 11.3 Å². The molecule has 2 atom stereocenters. The molecule has 0 radical (unpaired) electrons. The van der Waals surface area contributed by atoms with Gasteiger partial charge in [0.2, 0.25) is 5.91 Å². The number of aromatic nitrogens is 4. The van der Waals surface area contributed by atoms with Crippen LogP contribution in [-0.4, -0.2) is 50.1 Å². The highest BCUT2D eigenvalue weighted by Gasteiger charge is 2.35. The number of carbonyl (C=O) groups excluding carboxylic acids is 1. The Labute approximate surface area is 145 Å². The molecule has 0 spiro atoms. The number of allylic oxidation sites excluding steroid dienone is 1. The van der Waals surface area contributed by atoms with Gasteiger partial charge in [0, 0.05) is 38.0 Å². The monoisotopic (exact) mass is 342 g/mol. The summed E-state index contributed by atoms with van der Waals surface area (Å²) in [4.78, 5) is 14.6. The average molecular weight is 342 g/mol. The van der Waals surface area contributed by atoms with Crippen molar-refractivity contribution in [3.8, 4) is 0 Å². The van der Waals surface area contributed by atoms with Crippen LogP contribution < -0.4 is 5.32 Å². The zero-order valence-electron chi connectivity index (χ0n) is 14.3. The Morgan fingerprint density at radius 3 is 2.96 bits per heavy atom. The summed E-state index contributed by atoms with van der Waals surface area (Å²) in [6, 6.07) is 1.98. The maximum Gasteiger partial charge on any atom is 0.244 e. The van der Waals surface area contributed by atoms with Crippen molar-refractivity contribution in [3.63, 3.8) is 0 Å². The minimum atomic E-state index is -0.0147. The van der Waals surface area contributed by atoms with Crippen LogP contribution in [0.4, 0.5) is 0 Å². The smallest absolute Gasteiger partial charge is 0.244 e. The summed E-state index contributed by atoms with van der Waals surface area (Å²) in [6.07, 6.45) is 8.54. The molecule has 2 aromatic heterocycles. The van der Waals surface area contributed by atoms with E-state index in [1.807, 2.05) is 23.9 Å². The quantitative estimate of drug-likeness (QED) is 0.822. The van der Waals surface area contributed by atoms with Gasteiger partial charge in [-0.3, -0.25) is 9.69 Å². The third-order valence-electron chi connectivity index (χ3n) is 4.87. The van der Waals surface area contributed by atoms with Gasteiger partial charge in [-0.05, 0) is 26.2 Å². The Kier molecular flexibility index (Phi) is 4.35. The molecule has 0 bridgehead atoms. The number of aryl methyl sites for hydroxylation is 1. The maximum absolute atomic E-state index is 12.3. The SMILES string of the molecule is Cc1cc(CN2C[C@@H](NC(=O)C=C3CCC3)[C@@H](n3ccnn3)C2)no1. The zero-order valence-corrected chi connectivity index (χ0v) is 14.3. The Morgan fingerprint density at radius 1 is 1.44 bits per heavy atom. The van der Waals surface area contributed by atoms with Gasteiger partial charge in [-0.25, -0.2) is 4.68 Å². The molecule has 4 rings (SSSR count). The molecule has 1 amide bonds. The van der Waals surface area contributed by atoms with Crippen LogP contribution in [0.3, 0.4) is 0 Å². The van der Waals surface area contributed by atoms with Crippen molar-refractivity contribution in [2.45, 2.75) is 44.8 Å². The van der Waals surface area contributed by atoms with E-state index in [1.54, 1.807) is 12.3 Å². The summed E-state index contributed by atoms with van der Waals surface area (Å²) in [5, 5.41) is 15.2. The number of hydrogen-bond acceptors (Lipinski definition) is 6.